The van der Waals surface area contributed by atoms with Crippen LogP contribution in [0.25, 0.3) is 0 Å². The Morgan fingerprint density at radius 1 is 0.640 bits per heavy atom. The maximum absolute atomic E-state index is 5.98. The molecule has 2 aromatic carbocycles. The van der Waals surface area contributed by atoms with Crippen molar-refractivity contribution in [3.05, 3.63) is 68.6 Å². The van der Waals surface area contributed by atoms with Gasteiger partial charge in [0.15, 0.2) is 12.6 Å². The number of benzene rings is 2. The van der Waals surface area contributed by atoms with Gasteiger partial charge in [0.1, 0.15) is 0 Å². The van der Waals surface area contributed by atoms with Gasteiger partial charge < -0.3 is 18.9 Å². The van der Waals surface area contributed by atoms with Crippen LogP contribution < -0.4 is 0 Å². The van der Waals surface area contributed by atoms with Gasteiger partial charge in [0, 0.05) is 20.1 Å². The lowest BCUT2D eigenvalue weighted by Gasteiger charge is -2.44. The van der Waals surface area contributed by atoms with Crippen molar-refractivity contribution in [3.63, 3.8) is 0 Å². The quantitative estimate of drug-likeness (QED) is 0.620. The summed E-state index contributed by atoms with van der Waals surface area (Å²) in [5.41, 5.74) is 1.75. The second-order valence-electron chi connectivity index (χ2n) is 6.45. The Hall–Kier alpha value is -0.760. The first-order valence-corrected chi connectivity index (χ1v) is 9.71. The van der Waals surface area contributed by atoms with Crippen LogP contribution in [0.2, 0.25) is 0 Å². The van der Waals surface area contributed by atoms with E-state index in [0.717, 1.165) is 20.1 Å². The number of hydrogen-bond acceptors (Lipinski definition) is 4. The van der Waals surface area contributed by atoms with Crippen molar-refractivity contribution >= 4 is 31.9 Å². The van der Waals surface area contributed by atoms with E-state index in [1.807, 2.05) is 48.5 Å². The van der Waals surface area contributed by atoms with Crippen LogP contribution in [-0.4, -0.2) is 26.4 Å². The molecule has 2 aromatic rings. The van der Waals surface area contributed by atoms with Gasteiger partial charge in [0.2, 0.25) is 0 Å². The highest BCUT2D eigenvalue weighted by Gasteiger charge is 2.43. The third kappa shape index (κ3) is 3.70. The summed E-state index contributed by atoms with van der Waals surface area (Å²) >= 11 is 7.09. The van der Waals surface area contributed by atoms with Gasteiger partial charge in [-0.3, -0.25) is 0 Å². The molecule has 25 heavy (non-hydrogen) atoms. The van der Waals surface area contributed by atoms with Crippen LogP contribution in [0, 0.1) is 5.41 Å². The fourth-order valence-electron chi connectivity index (χ4n) is 3.05. The molecule has 0 saturated carbocycles. The average Bonchev–Trinajstić information content (AvgIpc) is 2.65. The lowest BCUT2D eigenvalue weighted by atomic mass is 9.90. The van der Waals surface area contributed by atoms with E-state index in [1.165, 1.54) is 0 Å². The van der Waals surface area contributed by atoms with Crippen molar-refractivity contribution < 1.29 is 18.9 Å². The second-order valence-corrected chi connectivity index (χ2v) is 8.16. The van der Waals surface area contributed by atoms with Crippen LogP contribution in [-0.2, 0) is 18.9 Å². The van der Waals surface area contributed by atoms with Crippen molar-refractivity contribution in [1.82, 2.24) is 0 Å². The van der Waals surface area contributed by atoms with Crippen molar-refractivity contribution in [3.8, 4) is 0 Å². The molecule has 0 atom stereocenters. The molecule has 4 nitrogen and oxygen atoms in total. The van der Waals surface area contributed by atoms with Crippen LogP contribution in [0.1, 0.15) is 23.7 Å². The first-order valence-electron chi connectivity index (χ1n) is 8.12. The third-order valence-corrected chi connectivity index (χ3v) is 5.93. The summed E-state index contributed by atoms with van der Waals surface area (Å²) in [6, 6.07) is 15.9. The minimum atomic E-state index is -0.359. The van der Waals surface area contributed by atoms with Crippen LogP contribution in [0.4, 0.5) is 0 Å². The fraction of sp³-hybridized carbons (Fsp3) is 0.368. The number of halogens is 2. The van der Waals surface area contributed by atoms with Crippen LogP contribution >= 0.6 is 31.9 Å². The molecule has 4 rings (SSSR count). The van der Waals surface area contributed by atoms with E-state index >= 15 is 0 Å². The zero-order valence-corrected chi connectivity index (χ0v) is 16.7. The zero-order valence-electron chi connectivity index (χ0n) is 13.5. The molecule has 0 N–H and O–H groups in total. The molecule has 2 saturated heterocycles. The summed E-state index contributed by atoms with van der Waals surface area (Å²) < 4.78 is 25.9. The van der Waals surface area contributed by atoms with E-state index in [4.69, 9.17) is 18.9 Å². The molecule has 2 fully saturated rings. The molecule has 6 heteroatoms. The highest BCUT2D eigenvalue weighted by atomic mass is 79.9. The summed E-state index contributed by atoms with van der Waals surface area (Å²) in [5, 5.41) is 0. The summed E-state index contributed by atoms with van der Waals surface area (Å²) in [4.78, 5) is 0. The van der Waals surface area contributed by atoms with E-state index in [-0.39, 0.29) is 18.0 Å². The van der Waals surface area contributed by atoms with Gasteiger partial charge in [0.05, 0.1) is 31.8 Å². The van der Waals surface area contributed by atoms with Gasteiger partial charge in [-0.05, 0) is 12.1 Å². The highest BCUT2D eigenvalue weighted by Crippen LogP contribution is 2.40. The minimum Gasteiger partial charge on any atom is -0.347 e. The van der Waals surface area contributed by atoms with Crippen molar-refractivity contribution in [2.24, 2.45) is 5.41 Å². The predicted molar refractivity (Wildman–Crippen MR) is 100 cm³/mol. The average molecular weight is 470 g/mol. The number of ether oxygens (including phenoxy) is 4. The number of hydrogen-bond donors (Lipinski definition) is 0. The van der Waals surface area contributed by atoms with Gasteiger partial charge in [-0.1, -0.05) is 68.3 Å². The molecule has 0 amide bonds. The van der Waals surface area contributed by atoms with Gasteiger partial charge in [0.25, 0.3) is 0 Å². The smallest absolute Gasteiger partial charge is 0.184 e. The van der Waals surface area contributed by atoms with Crippen LogP contribution in [0.15, 0.2) is 57.5 Å². The summed E-state index contributed by atoms with van der Waals surface area (Å²) in [5.74, 6) is 0. The van der Waals surface area contributed by atoms with E-state index in [9.17, 15) is 0 Å². The van der Waals surface area contributed by atoms with E-state index < -0.39 is 0 Å². The third-order valence-electron chi connectivity index (χ3n) is 4.48. The minimum absolute atomic E-state index is 0.254. The molecule has 0 aromatic heterocycles. The number of rotatable bonds is 2. The van der Waals surface area contributed by atoms with E-state index in [2.05, 4.69) is 31.9 Å². The Labute approximate surface area is 163 Å². The molecular formula is C19H18Br2O4. The lowest BCUT2D eigenvalue weighted by Crippen LogP contribution is -2.49. The Morgan fingerprint density at radius 2 is 1.00 bits per heavy atom. The maximum atomic E-state index is 5.98. The maximum Gasteiger partial charge on any atom is 0.184 e. The summed E-state index contributed by atoms with van der Waals surface area (Å²) in [6.07, 6.45) is -0.718. The van der Waals surface area contributed by atoms with Crippen molar-refractivity contribution in [2.75, 3.05) is 26.4 Å². The molecule has 0 aliphatic carbocycles. The molecule has 1 spiro atoms. The normalized spacial score (nSPS) is 29.7. The van der Waals surface area contributed by atoms with Crippen molar-refractivity contribution in [2.45, 2.75) is 12.6 Å². The standard InChI is InChI=1S/C19H18Br2O4/c20-15-7-3-1-5-13(15)17-22-9-19(10-23-17)11-24-18(25-12-19)14-6-2-4-8-16(14)21/h1-8,17-18H,9-12H2. The molecular weight excluding hydrogens is 452 g/mol. The fourth-order valence-corrected chi connectivity index (χ4v) is 3.99. The Kier molecular flexibility index (Phi) is 5.27. The molecule has 2 aliphatic rings. The Morgan fingerprint density at radius 3 is 1.36 bits per heavy atom. The van der Waals surface area contributed by atoms with Gasteiger partial charge in [-0.2, -0.15) is 0 Å². The van der Waals surface area contributed by atoms with E-state index in [0.29, 0.717) is 26.4 Å². The summed E-state index contributed by atoms with van der Waals surface area (Å²) in [6.45, 7) is 2.17. The molecule has 0 radical (unpaired) electrons. The van der Waals surface area contributed by atoms with Crippen LogP contribution in [0.3, 0.4) is 0 Å². The largest absolute Gasteiger partial charge is 0.347 e. The first kappa shape index (κ1) is 17.6. The monoisotopic (exact) mass is 468 g/mol. The van der Waals surface area contributed by atoms with Gasteiger partial charge in [-0.15, -0.1) is 0 Å². The molecule has 2 aliphatic heterocycles. The lowest BCUT2D eigenvalue weighted by molar-refractivity contribution is -0.307. The molecule has 0 bridgehead atoms. The molecule has 132 valence electrons. The SMILES string of the molecule is Brc1ccccc1C1OCC2(CO1)COC(c1ccccc1Br)OC2. The predicted octanol–water partition coefficient (Wildman–Crippen LogP) is 4.99. The molecule has 0 unspecified atom stereocenters. The molecule has 2 heterocycles. The topological polar surface area (TPSA) is 36.9 Å². The van der Waals surface area contributed by atoms with Crippen molar-refractivity contribution in [1.29, 1.82) is 0 Å². The van der Waals surface area contributed by atoms with E-state index in [1.54, 1.807) is 0 Å². The Bertz CT molecular complexity index is 669. The second kappa shape index (κ2) is 7.47. The zero-order chi connectivity index (χ0) is 17.3. The van der Waals surface area contributed by atoms with Gasteiger partial charge in [-0.25, -0.2) is 0 Å². The summed E-state index contributed by atoms with van der Waals surface area (Å²) in [7, 11) is 0. The Balaban J connectivity index is 1.39. The van der Waals surface area contributed by atoms with Crippen LogP contribution in [0.5, 0.6) is 0 Å². The van der Waals surface area contributed by atoms with Gasteiger partial charge >= 0.3 is 0 Å². The first-order chi connectivity index (χ1) is 12.2. The highest BCUT2D eigenvalue weighted by molar-refractivity contribution is 9.10.